The van der Waals surface area contributed by atoms with E-state index in [0.29, 0.717) is 17.9 Å². The van der Waals surface area contributed by atoms with E-state index >= 15 is 0 Å². The lowest BCUT2D eigenvalue weighted by molar-refractivity contribution is 0.0948. The molecule has 0 atom stereocenters. The fraction of sp³-hybridized carbons (Fsp3) is 0.500. The second-order valence-corrected chi connectivity index (χ2v) is 5.82. The molecule has 20 heavy (non-hydrogen) atoms. The molecule has 1 aliphatic rings. The molecule has 1 aliphatic heterocycles. The molecule has 0 spiro atoms. The number of phenolic OH excluding ortho intramolecular Hbond substituents is 1. The van der Waals surface area contributed by atoms with E-state index < -0.39 is 0 Å². The van der Waals surface area contributed by atoms with E-state index in [9.17, 15) is 9.90 Å². The number of thioether (sulfide) groups is 1. The summed E-state index contributed by atoms with van der Waals surface area (Å²) in [6, 6.07) is 4.66. The van der Waals surface area contributed by atoms with Crippen LogP contribution in [0.2, 0.25) is 0 Å². The first-order valence-electron chi connectivity index (χ1n) is 6.66. The Hall–Kier alpha value is -1.40. The van der Waals surface area contributed by atoms with Gasteiger partial charge in [-0.3, -0.25) is 9.69 Å². The number of hydrogen-bond acceptors (Lipinski definition) is 5. The maximum Gasteiger partial charge on any atom is 0.251 e. The highest BCUT2D eigenvalue weighted by Gasteiger charge is 2.12. The van der Waals surface area contributed by atoms with Gasteiger partial charge in [-0.2, -0.15) is 11.8 Å². The zero-order chi connectivity index (χ0) is 14.4. The summed E-state index contributed by atoms with van der Waals surface area (Å²) in [7, 11) is 1.48. The summed E-state index contributed by atoms with van der Waals surface area (Å²) < 4.78 is 4.95. The topological polar surface area (TPSA) is 61.8 Å². The molecule has 110 valence electrons. The standard InChI is InChI=1S/C14H20N2O3S/c1-19-13-3-2-11(10-12(13)17)14(18)15-4-5-16-6-8-20-9-7-16/h2-3,10,17H,4-9H2,1H3,(H,15,18). The number of benzene rings is 1. The van der Waals surface area contributed by atoms with Crippen LogP contribution in [0.25, 0.3) is 0 Å². The molecule has 0 aromatic heterocycles. The average molecular weight is 296 g/mol. The molecule has 1 aromatic rings. The number of carbonyl (C=O) groups is 1. The Balaban J connectivity index is 1.80. The van der Waals surface area contributed by atoms with Gasteiger partial charge >= 0.3 is 0 Å². The Bertz CT molecular complexity index is 462. The van der Waals surface area contributed by atoms with Crippen molar-refractivity contribution in [2.75, 3.05) is 44.8 Å². The molecule has 1 saturated heterocycles. The van der Waals surface area contributed by atoms with Crippen LogP contribution in [0.3, 0.4) is 0 Å². The summed E-state index contributed by atoms with van der Waals surface area (Å²) in [6.45, 7) is 3.67. The van der Waals surface area contributed by atoms with E-state index in [0.717, 1.165) is 19.6 Å². The van der Waals surface area contributed by atoms with E-state index in [4.69, 9.17) is 4.74 Å². The van der Waals surface area contributed by atoms with E-state index in [1.54, 1.807) is 12.1 Å². The first-order valence-corrected chi connectivity index (χ1v) is 7.81. The lowest BCUT2D eigenvalue weighted by Gasteiger charge is -2.26. The second kappa shape index (κ2) is 7.40. The summed E-state index contributed by atoms with van der Waals surface area (Å²) >= 11 is 1.97. The van der Waals surface area contributed by atoms with Gasteiger partial charge in [0.2, 0.25) is 0 Å². The molecule has 0 aliphatic carbocycles. The van der Waals surface area contributed by atoms with Gasteiger partial charge in [0.1, 0.15) is 0 Å². The van der Waals surface area contributed by atoms with Crippen molar-refractivity contribution in [2.24, 2.45) is 0 Å². The second-order valence-electron chi connectivity index (χ2n) is 4.60. The minimum atomic E-state index is -0.172. The number of hydrogen-bond donors (Lipinski definition) is 2. The number of ether oxygens (including phenoxy) is 1. The van der Waals surface area contributed by atoms with E-state index in [1.165, 1.54) is 24.7 Å². The zero-order valence-electron chi connectivity index (χ0n) is 11.6. The molecular weight excluding hydrogens is 276 g/mol. The maximum absolute atomic E-state index is 12.0. The molecule has 0 unspecified atom stereocenters. The average Bonchev–Trinajstić information content (AvgIpc) is 2.48. The molecular formula is C14H20N2O3S. The van der Waals surface area contributed by atoms with Crippen LogP contribution in [-0.4, -0.2) is 60.7 Å². The quantitative estimate of drug-likeness (QED) is 0.854. The predicted octanol–water partition coefficient (Wildman–Crippen LogP) is 1.18. The highest BCUT2D eigenvalue weighted by molar-refractivity contribution is 7.99. The molecule has 1 heterocycles. The van der Waals surface area contributed by atoms with Crippen LogP contribution in [0.4, 0.5) is 0 Å². The molecule has 0 saturated carbocycles. The van der Waals surface area contributed by atoms with Crippen molar-refractivity contribution >= 4 is 17.7 Å². The van der Waals surface area contributed by atoms with Gasteiger partial charge in [0, 0.05) is 43.2 Å². The number of nitrogens with zero attached hydrogens (tertiary/aromatic N) is 1. The van der Waals surface area contributed by atoms with Gasteiger partial charge in [-0.15, -0.1) is 0 Å². The van der Waals surface area contributed by atoms with Crippen molar-refractivity contribution in [1.82, 2.24) is 10.2 Å². The summed E-state index contributed by atoms with van der Waals surface area (Å²) in [4.78, 5) is 14.3. The molecule has 6 heteroatoms. The van der Waals surface area contributed by atoms with Crippen molar-refractivity contribution in [2.45, 2.75) is 0 Å². The molecule has 2 rings (SSSR count). The summed E-state index contributed by atoms with van der Waals surface area (Å²) in [5.74, 6) is 2.51. The van der Waals surface area contributed by atoms with Crippen LogP contribution in [0, 0.1) is 0 Å². The fourth-order valence-corrected chi connectivity index (χ4v) is 3.06. The molecule has 1 fully saturated rings. The first kappa shape index (κ1) is 15.0. The number of methoxy groups -OCH3 is 1. The third-order valence-electron chi connectivity index (χ3n) is 3.26. The highest BCUT2D eigenvalue weighted by Crippen LogP contribution is 2.26. The van der Waals surface area contributed by atoms with Crippen molar-refractivity contribution in [1.29, 1.82) is 0 Å². The van der Waals surface area contributed by atoms with Gasteiger partial charge in [-0.25, -0.2) is 0 Å². The number of aromatic hydroxyl groups is 1. The number of amides is 1. The molecule has 5 nitrogen and oxygen atoms in total. The maximum atomic E-state index is 12.0. The number of phenols is 1. The van der Waals surface area contributed by atoms with Gasteiger partial charge in [-0.1, -0.05) is 0 Å². The van der Waals surface area contributed by atoms with Gasteiger partial charge in [-0.05, 0) is 18.2 Å². The highest BCUT2D eigenvalue weighted by atomic mass is 32.2. The van der Waals surface area contributed by atoms with Crippen molar-refractivity contribution in [3.8, 4) is 11.5 Å². The Labute approximate surface area is 123 Å². The third-order valence-corrected chi connectivity index (χ3v) is 4.20. The minimum absolute atomic E-state index is 0.0202. The summed E-state index contributed by atoms with van der Waals surface area (Å²) in [5.41, 5.74) is 0.442. The SMILES string of the molecule is COc1ccc(C(=O)NCCN2CCSCC2)cc1O. The van der Waals surface area contributed by atoms with Crippen molar-refractivity contribution in [3.63, 3.8) is 0 Å². The molecule has 0 radical (unpaired) electrons. The number of nitrogens with one attached hydrogen (secondary N) is 1. The largest absolute Gasteiger partial charge is 0.504 e. The van der Waals surface area contributed by atoms with Crippen LogP contribution >= 0.6 is 11.8 Å². The van der Waals surface area contributed by atoms with Crippen LogP contribution < -0.4 is 10.1 Å². The molecule has 1 aromatic carbocycles. The van der Waals surface area contributed by atoms with E-state index in [-0.39, 0.29) is 11.7 Å². The van der Waals surface area contributed by atoms with Crippen LogP contribution in [0.1, 0.15) is 10.4 Å². The smallest absolute Gasteiger partial charge is 0.251 e. The van der Waals surface area contributed by atoms with Crippen LogP contribution in [0.5, 0.6) is 11.5 Å². The molecule has 2 N–H and O–H groups in total. The lowest BCUT2D eigenvalue weighted by Crippen LogP contribution is -2.39. The fourth-order valence-electron chi connectivity index (χ4n) is 2.09. The van der Waals surface area contributed by atoms with Crippen LogP contribution in [0.15, 0.2) is 18.2 Å². The van der Waals surface area contributed by atoms with Gasteiger partial charge < -0.3 is 15.2 Å². The molecule has 1 amide bonds. The predicted molar refractivity (Wildman–Crippen MR) is 80.8 cm³/mol. The Morgan fingerprint density at radius 1 is 1.45 bits per heavy atom. The summed E-state index contributed by atoms with van der Waals surface area (Å²) in [6.07, 6.45) is 0. The minimum Gasteiger partial charge on any atom is -0.504 e. The van der Waals surface area contributed by atoms with E-state index in [2.05, 4.69) is 10.2 Å². The Morgan fingerprint density at radius 3 is 2.85 bits per heavy atom. The molecule has 0 bridgehead atoms. The first-order chi connectivity index (χ1) is 9.70. The lowest BCUT2D eigenvalue weighted by atomic mass is 10.2. The summed E-state index contributed by atoms with van der Waals surface area (Å²) in [5, 5.41) is 12.5. The van der Waals surface area contributed by atoms with Crippen molar-refractivity contribution in [3.05, 3.63) is 23.8 Å². The third kappa shape index (κ3) is 4.05. The Kier molecular flexibility index (Phi) is 5.55. The normalized spacial score (nSPS) is 15.8. The van der Waals surface area contributed by atoms with Crippen molar-refractivity contribution < 1.29 is 14.6 Å². The number of carbonyl (C=O) groups excluding carboxylic acids is 1. The zero-order valence-corrected chi connectivity index (χ0v) is 12.4. The monoisotopic (exact) mass is 296 g/mol. The van der Waals surface area contributed by atoms with Crippen LogP contribution in [-0.2, 0) is 0 Å². The van der Waals surface area contributed by atoms with Gasteiger partial charge in [0.05, 0.1) is 7.11 Å². The Morgan fingerprint density at radius 2 is 2.20 bits per heavy atom. The van der Waals surface area contributed by atoms with Gasteiger partial charge in [0.25, 0.3) is 5.91 Å². The number of rotatable bonds is 5. The van der Waals surface area contributed by atoms with Gasteiger partial charge in [0.15, 0.2) is 11.5 Å². The van der Waals surface area contributed by atoms with E-state index in [1.807, 2.05) is 11.8 Å².